The Morgan fingerprint density at radius 3 is 2.43 bits per heavy atom. The summed E-state index contributed by atoms with van der Waals surface area (Å²) in [5.41, 5.74) is 2.23. The number of amides is 4. The number of hydrogen-bond acceptors (Lipinski definition) is 6. The van der Waals surface area contributed by atoms with E-state index in [4.69, 9.17) is 14.6 Å². The minimum Gasteiger partial charge on any atom is -0.493 e. The van der Waals surface area contributed by atoms with E-state index < -0.39 is 23.8 Å². The molecule has 2 N–H and O–H groups in total. The van der Waals surface area contributed by atoms with E-state index in [9.17, 15) is 19.2 Å². The van der Waals surface area contributed by atoms with Crippen molar-refractivity contribution in [2.75, 3.05) is 12.0 Å². The Morgan fingerprint density at radius 1 is 1.08 bits per heavy atom. The highest BCUT2D eigenvalue weighted by atomic mass is 79.9. The molecule has 0 radical (unpaired) electrons. The van der Waals surface area contributed by atoms with Gasteiger partial charge in [0.1, 0.15) is 12.2 Å². The van der Waals surface area contributed by atoms with E-state index in [1.807, 2.05) is 0 Å². The van der Waals surface area contributed by atoms with E-state index in [2.05, 4.69) is 21.2 Å². The van der Waals surface area contributed by atoms with E-state index in [0.29, 0.717) is 32.8 Å². The van der Waals surface area contributed by atoms with Crippen molar-refractivity contribution in [2.45, 2.75) is 13.5 Å². The van der Waals surface area contributed by atoms with E-state index in [1.165, 1.54) is 25.3 Å². The minimum atomic E-state index is -1.02. The molecule has 0 atom stereocenters. The van der Waals surface area contributed by atoms with Crippen LogP contribution < -0.4 is 19.7 Å². The predicted molar refractivity (Wildman–Crippen MR) is 139 cm³/mol. The molecule has 1 aliphatic heterocycles. The van der Waals surface area contributed by atoms with Crippen molar-refractivity contribution in [2.24, 2.45) is 0 Å². The number of carboxylic acid groups (broad SMARTS) is 1. The van der Waals surface area contributed by atoms with Gasteiger partial charge in [-0.05, 0) is 76.0 Å². The van der Waals surface area contributed by atoms with Crippen molar-refractivity contribution in [3.8, 4) is 11.5 Å². The second kappa shape index (κ2) is 10.7. The molecule has 188 valence electrons. The predicted octanol–water partition coefficient (Wildman–Crippen LogP) is 4.71. The number of carbonyl (C=O) groups is 4. The van der Waals surface area contributed by atoms with Crippen LogP contribution in [0.25, 0.3) is 6.08 Å². The van der Waals surface area contributed by atoms with Crippen LogP contribution in [0.2, 0.25) is 0 Å². The molecule has 0 aliphatic carbocycles. The van der Waals surface area contributed by atoms with Crippen molar-refractivity contribution >= 4 is 51.5 Å². The second-order valence-electron chi connectivity index (χ2n) is 8.07. The van der Waals surface area contributed by atoms with Gasteiger partial charge in [0.2, 0.25) is 0 Å². The standard InChI is InChI=1S/C27H21BrN2O7/c1-15-5-3-4-6-21(15)30-25(32)19(24(31)29-27(30)35)11-17-12-20(28)23(22(13-17)36-2)37-14-16-7-9-18(10-8-16)26(33)34/h3-13H,14H2,1-2H3,(H,33,34)(H,29,31,35)/b19-11+. The monoisotopic (exact) mass is 564 g/mol. The number of anilines is 1. The number of rotatable bonds is 7. The van der Waals surface area contributed by atoms with E-state index >= 15 is 0 Å². The number of nitrogens with zero attached hydrogens (tertiary/aromatic N) is 1. The minimum absolute atomic E-state index is 0.143. The van der Waals surface area contributed by atoms with Gasteiger partial charge in [0.15, 0.2) is 11.5 Å². The van der Waals surface area contributed by atoms with E-state index in [1.54, 1.807) is 55.5 Å². The highest BCUT2D eigenvalue weighted by molar-refractivity contribution is 9.10. The molecule has 0 spiro atoms. The first kappa shape index (κ1) is 25.6. The zero-order chi connectivity index (χ0) is 26.7. The van der Waals surface area contributed by atoms with Crippen LogP contribution in [-0.4, -0.2) is 36.0 Å². The molecule has 10 heteroatoms. The Balaban J connectivity index is 1.62. The van der Waals surface area contributed by atoms with Gasteiger partial charge in [-0.3, -0.25) is 14.9 Å². The molecule has 0 saturated carbocycles. The van der Waals surface area contributed by atoms with Gasteiger partial charge in [-0.1, -0.05) is 30.3 Å². The molecular formula is C27H21BrN2O7. The number of para-hydroxylation sites is 1. The van der Waals surface area contributed by atoms with Crippen molar-refractivity contribution in [1.29, 1.82) is 0 Å². The summed E-state index contributed by atoms with van der Waals surface area (Å²) in [5, 5.41) is 11.3. The Morgan fingerprint density at radius 2 is 1.78 bits per heavy atom. The first-order valence-electron chi connectivity index (χ1n) is 11.0. The lowest BCUT2D eigenvalue weighted by Crippen LogP contribution is -2.54. The summed E-state index contributed by atoms with van der Waals surface area (Å²) in [4.78, 5) is 50.2. The zero-order valence-electron chi connectivity index (χ0n) is 19.8. The average molecular weight is 565 g/mol. The molecule has 4 rings (SSSR count). The number of imide groups is 2. The largest absolute Gasteiger partial charge is 0.493 e. The smallest absolute Gasteiger partial charge is 0.335 e. The Bertz CT molecular complexity index is 1450. The number of aromatic carboxylic acids is 1. The number of aryl methyl sites for hydroxylation is 1. The molecule has 0 unspecified atom stereocenters. The molecule has 1 heterocycles. The molecule has 3 aromatic rings. The number of methoxy groups -OCH3 is 1. The number of nitrogens with one attached hydrogen (secondary N) is 1. The third-order valence-corrected chi connectivity index (χ3v) is 6.19. The number of carbonyl (C=O) groups excluding carboxylic acids is 3. The van der Waals surface area contributed by atoms with Crippen LogP contribution in [0.15, 0.2) is 70.7 Å². The molecule has 1 saturated heterocycles. The summed E-state index contributed by atoms with van der Waals surface area (Å²) >= 11 is 3.44. The maximum absolute atomic E-state index is 13.2. The van der Waals surface area contributed by atoms with Crippen molar-refractivity contribution in [3.63, 3.8) is 0 Å². The van der Waals surface area contributed by atoms with Gasteiger partial charge >= 0.3 is 12.0 Å². The number of barbiturate groups is 1. The fourth-order valence-electron chi connectivity index (χ4n) is 3.72. The van der Waals surface area contributed by atoms with Gasteiger partial charge in [-0.25, -0.2) is 14.5 Å². The van der Waals surface area contributed by atoms with Gasteiger partial charge in [-0.2, -0.15) is 0 Å². The van der Waals surface area contributed by atoms with Crippen LogP contribution in [-0.2, 0) is 16.2 Å². The normalized spacial score (nSPS) is 14.5. The van der Waals surface area contributed by atoms with Gasteiger partial charge in [0.05, 0.1) is 22.8 Å². The maximum atomic E-state index is 13.2. The molecule has 0 bridgehead atoms. The summed E-state index contributed by atoms with van der Waals surface area (Å²) in [6.45, 7) is 1.90. The lowest BCUT2D eigenvalue weighted by atomic mass is 10.1. The first-order chi connectivity index (χ1) is 17.7. The Hall–Kier alpha value is -4.44. The molecule has 0 aromatic heterocycles. The molecule has 9 nitrogen and oxygen atoms in total. The van der Waals surface area contributed by atoms with Gasteiger partial charge < -0.3 is 14.6 Å². The molecule has 3 aromatic carbocycles. The van der Waals surface area contributed by atoms with Crippen LogP contribution in [0.5, 0.6) is 11.5 Å². The average Bonchev–Trinajstić information content (AvgIpc) is 2.87. The second-order valence-corrected chi connectivity index (χ2v) is 8.92. The first-order valence-corrected chi connectivity index (χ1v) is 11.8. The van der Waals surface area contributed by atoms with Crippen molar-refractivity contribution in [3.05, 3.63) is 93.0 Å². The van der Waals surface area contributed by atoms with Gasteiger partial charge in [0, 0.05) is 0 Å². The van der Waals surface area contributed by atoms with E-state index in [-0.39, 0.29) is 17.7 Å². The van der Waals surface area contributed by atoms with Crippen molar-refractivity contribution in [1.82, 2.24) is 5.32 Å². The summed E-state index contributed by atoms with van der Waals surface area (Å²) in [5.74, 6) is -1.86. The van der Waals surface area contributed by atoms with Crippen LogP contribution in [0.3, 0.4) is 0 Å². The molecule has 37 heavy (non-hydrogen) atoms. The fourth-order valence-corrected chi connectivity index (χ4v) is 4.29. The molecular weight excluding hydrogens is 544 g/mol. The summed E-state index contributed by atoms with van der Waals surface area (Å²) in [6.07, 6.45) is 1.37. The number of ether oxygens (including phenoxy) is 2. The van der Waals surface area contributed by atoms with Crippen LogP contribution in [0.4, 0.5) is 10.5 Å². The third kappa shape index (κ3) is 5.39. The zero-order valence-corrected chi connectivity index (χ0v) is 21.4. The lowest BCUT2D eigenvalue weighted by molar-refractivity contribution is -0.122. The maximum Gasteiger partial charge on any atom is 0.335 e. The van der Waals surface area contributed by atoms with Crippen LogP contribution >= 0.6 is 15.9 Å². The topological polar surface area (TPSA) is 122 Å². The number of benzene rings is 3. The Kier molecular flexibility index (Phi) is 7.40. The van der Waals surface area contributed by atoms with E-state index in [0.717, 1.165) is 10.5 Å². The summed E-state index contributed by atoms with van der Waals surface area (Å²) in [6, 6.07) is 15.6. The number of hydrogen-bond donors (Lipinski definition) is 2. The summed E-state index contributed by atoms with van der Waals surface area (Å²) < 4.78 is 11.9. The lowest BCUT2D eigenvalue weighted by Gasteiger charge is -2.27. The molecule has 1 fully saturated rings. The number of halogens is 1. The SMILES string of the molecule is COc1cc(/C=C2\C(=O)NC(=O)N(c3ccccc3C)C2=O)cc(Br)c1OCc1ccc(C(=O)O)cc1. The highest BCUT2D eigenvalue weighted by Gasteiger charge is 2.37. The van der Waals surface area contributed by atoms with Crippen molar-refractivity contribution < 1.29 is 33.8 Å². The fraction of sp³-hybridized carbons (Fsp3) is 0.111. The third-order valence-electron chi connectivity index (χ3n) is 5.60. The van der Waals surface area contributed by atoms with Crippen LogP contribution in [0.1, 0.15) is 27.0 Å². The Labute approximate surface area is 220 Å². The molecule has 4 amide bonds. The number of urea groups is 1. The molecule has 1 aliphatic rings. The summed E-state index contributed by atoms with van der Waals surface area (Å²) in [7, 11) is 1.45. The van der Waals surface area contributed by atoms with Gasteiger partial charge in [-0.15, -0.1) is 0 Å². The van der Waals surface area contributed by atoms with Gasteiger partial charge in [0.25, 0.3) is 11.8 Å². The quantitative estimate of drug-likeness (QED) is 0.314. The number of carboxylic acids is 1. The van der Waals surface area contributed by atoms with Crippen LogP contribution in [0, 0.1) is 6.92 Å². The highest BCUT2D eigenvalue weighted by Crippen LogP contribution is 2.38.